The number of hydrogen-bond donors (Lipinski definition) is 1. The highest BCUT2D eigenvalue weighted by atomic mass is 19.4. The lowest BCUT2D eigenvalue weighted by molar-refractivity contribution is -0.352. The van der Waals surface area contributed by atoms with Crippen LogP contribution in [0.15, 0.2) is 34.7 Å². The maximum Gasteiger partial charge on any atom is 0.522 e. The molecule has 2 aromatic rings. The first-order valence-electron chi connectivity index (χ1n) is 16.0. The van der Waals surface area contributed by atoms with Gasteiger partial charge in [0.15, 0.2) is 12.2 Å². The summed E-state index contributed by atoms with van der Waals surface area (Å²) in [6.45, 7) is 3.21. The highest BCUT2D eigenvalue weighted by molar-refractivity contribution is 5.89. The molecule has 50 heavy (non-hydrogen) atoms. The molecule has 1 aromatic heterocycles. The number of nitrogens with zero attached hydrogens (tertiary/aromatic N) is 2. The summed E-state index contributed by atoms with van der Waals surface area (Å²) in [7, 11) is 0. The van der Waals surface area contributed by atoms with Gasteiger partial charge in [0.2, 0.25) is 11.8 Å². The molecule has 4 saturated carbocycles. The average molecular weight is 724 g/mol. The van der Waals surface area contributed by atoms with Crippen LogP contribution >= 0.6 is 0 Å². The number of rotatable bonds is 17. The van der Waals surface area contributed by atoms with E-state index in [9.17, 15) is 35.9 Å². The Balaban J connectivity index is 1.20. The number of aromatic nitrogens is 2. The summed E-state index contributed by atoms with van der Waals surface area (Å²) in [5.41, 5.74) is -1.42. The lowest BCUT2D eigenvalue weighted by Crippen LogP contribution is -2.77. The number of carbonyl (C=O) groups is 2. The van der Waals surface area contributed by atoms with E-state index in [2.05, 4.69) is 25.0 Å². The Morgan fingerprint density at radius 1 is 0.900 bits per heavy atom. The molecule has 278 valence electrons. The molecule has 4 aliphatic rings. The monoisotopic (exact) mass is 723 g/mol. The van der Waals surface area contributed by atoms with Crippen LogP contribution in [-0.2, 0) is 50.0 Å². The zero-order chi connectivity index (χ0) is 36.4. The zero-order valence-electron chi connectivity index (χ0n) is 27.6. The van der Waals surface area contributed by atoms with Crippen molar-refractivity contribution in [2.45, 2.75) is 113 Å². The number of esters is 1. The molecule has 2 bridgehead atoms. The van der Waals surface area contributed by atoms with E-state index in [0.717, 1.165) is 5.56 Å². The minimum Gasteiger partial charge on any atom is -0.458 e. The molecule has 12 nitrogen and oxygen atoms in total. The van der Waals surface area contributed by atoms with Crippen molar-refractivity contribution in [2.24, 2.45) is 0 Å². The van der Waals surface area contributed by atoms with Crippen LogP contribution in [0.5, 0.6) is 0 Å². The summed E-state index contributed by atoms with van der Waals surface area (Å²) in [6.07, 6.45) is -12.8. The Labute approximate surface area is 283 Å². The molecule has 1 aromatic carbocycles. The first-order valence-corrected chi connectivity index (χ1v) is 16.0. The second kappa shape index (κ2) is 14.7. The third kappa shape index (κ3) is 9.92. The third-order valence-electron chi connectivity index (χ3n) is 8.51. The average Bonchev–Trinajstić information content (AvgIpc) is 3.42. The van der Waals surface area contributed by atoms with Crippen LogP contribution in [0.3, 0.4) is 0 Å². The normalized spacial score (nSPS) is 25.9. The van der Waals surface area contributed by atoms with E-state index in [-0.39, 0.29) is 44.5 Å². The van der Waals surface area contributed by atoms with E-state index in [1.807, 2.05) is 30.3 Å². The Bertz CT molecular complexity index is 1440. The molecule has 2 atom stereocenters. The summed E-state index contributed by atoms with van der Waals surface area (Å²) in [5, 5.41) is 11.0. The predicted molar refractivity (Wildman–Crippen MR) is 157 cm³/mol. The fourth-order valence-electron chi connectivity index (χ4n) is 6.42. The summed E-state index contributed by atoms with van der Waals surface area (Å²) in [5.74, 6) is -1.64. The number of carbonyl (C=O) groups excluding carboxylic acids is 2. The van der Waals surface area contributed by atoms with Crippen molar-refractivity contribution in [2.75, 3.05) is 26.4 Å². The van der Waals surface area contributed by atoms with Crippen molar-refractivity contribution in [3.63, 3.8) is 0 Å². The number of benzene rings is 1. The topological polar surface area (TPSA) is 140 Å². The van der Waals surface area contributed by atoms with Crippen molar-refractivity contribution in [1.29, 1.82) is 0 Å². The Hall–Kier alpha value is -3.32. The van der Waals surface area contributed by atoms with Crippen molar-refractivity contribution < 1.29 is 68.8 Å². The van der Waals surface area contributed by atoms with Crippen molar-refractivity contribution in [1.82, 2.24) is 15.5 Å². The van der Waals surface area contributed by atoms with Gasteiger partial charge in [-0.1, -0.05) is 30.3 Å². The van der Waals surface area contributed by atoms with E-state index >= 15 is 0 Å². The lowest BCUT2D eigenvalue weighted by atomic mass is 9.39. The molecule has 4 aliphatic carbocycles. The maximum atomic E-state index is 13.7. The highest BCUT2D eigenvalue weighted by Crippen LogP contribution is 2.67. The maximum absolute atomic E-state index is 13.7. The van der Waals surface area contributed by atoms with Gasteiger partial charge < -0.3 is 28.7 Å². The van der Waals surface area contributed by atoms with Crippen LogP contribution in [-0.4, -0.2) is 90.7 Å². The molecule has 1 N–H and O–H groups in total. The van der Waals surface area contributed by atoms with E-state index in [1.54, 1.807) is 20.8 Å². The molecule has 0 spiro atoms. The molecule has 2 unspecified atom stereocenters. The van der Waals surface area contributed by atoms with E-state index in [4.69, 9.17) is 23.4 Å². The fourth-order valence-corrected chi connectivity index (χ4v) is 6.42. The van der Waals surface area contributed by atoms with Crippen LogP contribution in [0.4, 0.5) is 26.3 Å². The van der Waals surface area contributed by atoms with Crippen molar-refractivity contribution >= 4 is 11.9 Å². The van der Waals surface area contributed by atoms with Gasteiger partial charge in [0.25, 0.3) is 5.91 Å². The molecule has 18 heteroatoms. The van der Waals surface area contributed by atoms with Gasteiger partial charge >= 0.3 is 18.7 Å². The summed E-state index contributed by atoms with van der Waals surface area (Å²) >= 11 is 0. The second-order valence-electron chi connectivity index (χ2n) is 13.8. The lowest BCUT2D eigenvalue weighted by Gasteiger charge is -2.68. The van der Waals surface area contributed by atoms with Gasteiger partial charge in [0.05, 0.1) is 44.6 Å². The molecule has 1 heterocycles. The van der Waals surface area contributed by atoms with Gasteiger partial charge in [-0.25, -0.2) is 4.79 Å². The minimum atomic E-state index is -4.94. The van der Waals surface area contributed by atoms with Gasteiger partial charge in [-0.3, -0.25) is 14.3 Å². The van der Waals surface area contributed by atoms with Crippen LogP contribution in [0.2, 0.25) is 0 Å². The first kappa shape index (κ1) is 37.9. The quantitative estimate of drug-likeness (QED) is 0.134. The number of hydrogen-bond acceptors (Lipinski definition) is 11. The summed E-state index contributed by atoms with van der Waals surface area (Å²) in [4.78, 5) is 27.0. The molecular weight excluding hydrogens is 684 g/mol. The number of halogens is 6. The summed E-state index contributed by atoms with van der Waals surface area (Å²) in [6, 6.07) is 9.25. The van der Waals surface area contributed by atoms with Crippen LogP contribution in [0.1, 0.15) is 76.1 Å². The SMILES string of the molecule is CC(C)(C)OC(=O)C(OCCOCc1ccccc1)C(OCCOC(F)(F)F)C(=O)NC12CC(c3nnc(C4CC(OC(F)(F)F)C4)o3)(C1)C2. The van der Waals surface area contributed by atoms with Crippen molar-refractivity contribution in [3.05, 3.63) is 47.7 Å². The van der Waals surface area contributed by atoms with Gasteiger partial charge in [-0.05, 0) is 58.4 Å². The third-order valence-corrected chi connectivity index (χ3v) is 8.51. The van der Waals surface area contributed by atoms with Crippen LogP contribution in [0.25, 0.3) is 0 Å². The van der Waals surface area contributed by atoms with E-state index in [1.165, 1.54) is 0 Å². The Morgan fingerprint density at radius 3 is 2.16 bits per heavy atom. The van der Waals surface area contributed by atoms with Gasteiger partial charge in [-0.2, -0.15) is 0 Å². The minimum absolute atomic E-state index is 0.00914. The Morgan fingerprint density at radius 2 is 1.54 bits per heavy atom. The standard InChI is InChI=1S/C32H39F6N3O9/c1-28(2,3)50-26(43)23(46-10-9-44-15-19-7-5-4-6-8-19)22(45-11-12-47-31(33,34)35)24(42)39-30-16-29(17-30,18-30)27-41-40-25(48-27)20-13-21(14-20)49-32(36,37)38/h4-8,20-23H,9-18H2,1-3H3,(H,39,42). The van der Waals surface area contributed by atoms with Crippen LogP contribution < -0.4 is 5.32 Å². The van der Waals surface area contributed by atoms with E-state index < -0.39 is 72.7 Å². The van der Waals surface area contributed by atoms with Gasteiger partial charge in [0.1, 0.15) is 5.60 Å². The van der Waals surface area contributed by atoms with Crippen LogP contribution in [0, 0.1) is 0 Å². The fraction of sp³-hybridized carbons (Fsp3) is 0.688. The van der Waals surface area contributed by atoms with E-state index in [0.29, 0.717) is 25.2 Å². The second-order valence-corrected chi connectivity index (χ2v) is 13.8. The van der Waals surface area contributed by atoms with Crippen molar-refractivity contribution in [3.8, 4) is 0 Å². The molecule has 6 rings (SSSR count). The predicted octanol–water partition coefficient (Wildman–Crippen LogP) is 5.01. The summed E-state index contributed by atoms with van der Waals surface area (Å²) < 4.78 is 111. The van der Waals surface area contributed by atoms with Gasteiger partial charge in [-0.15, -0.1) is 36.5 Å². The first-order chi connectivity index (χ1) is 23.3. The molecule has 0 aliphatic heterocycles. The number of alkyl halides is 6. The zero-order valence-corrected chi connectivity index (χ0v) is 27.6. The molecule has 1 amide bonds. The number of nitrogens with one attached hydrogen (secondary N) is 1. The number of amides is 1. The molecule has 0 saturated heterocycles. The molecule has 0 radical (unpaired) electrons. The number of ether oxygens (including phenoxy) is 6. The van der Waals surface area contributed by atoms with Gasteiger partial charge in [0, 0.05) is 11.5 Å². The Kier molecular flexibility index (Phi) is 11.2. The highest BCUT2D eigenvalue weighted by Gasteiger charge is 2.72. The molecule has 4 fully saturated rings. The molecular formula is C32H39F6N3O9. The smallest absolute Gasteiger partial charge is 0.458 e. The largest absolute Gasteiger partial charge is 0.522 e.